The van der Waals surface area contributed by atoms with Crippen molar-refractivity contribution in [3.63, 3.8) is 0 Å². The number of carboxylic acid groups (broad SMARTS) is 1. The van der Waals surface area contributed by atoms with Gasteiger partial charge in [-0.25, -0.2) is 4.79 Å². The highest BCUT2D eigenvalue weighted by Crippen LogP contribution is 2.27. The molecule has 88 valence electrons. The lowest BCUT2D eigenvalue weighted by molar-refractivity contribution is 0.0690. The van der Waals surface area contributed by atoms with Crippen LogP contribution in [0.25, 0.3) is 0 Å². The molecule has 1 heterocycles. The molecule has 0 saturated heterocycles. The topological polar surface area (TPSA) is 70.2 Å². The van der Waals surface area contributed by atoms with Crippen LogP contribution in [0.5, 0.6) is 0 Å². The average Bonchev–Trinajstić information content (AvgIpc) is 2.55. The molecule has 0 aliphatic carbocycles. The first-order valence-electron chi connectivity index (χ1n) is 5.05. The lowest BCUT2D eigenvalue weighted by Crippen LogP contribution is -2.02. The molecule has 0 amide bonds. The first-order chi connectivity index (χ1) is 7.52. The molecule has 4 nitrogen and oxygen atoms in total. The van der Waals surface area contributed by atoms with E-state index in [1.165, 1.54) is 11.8 Å². The van der Waals surface area contributed by atoms with Gasteiger partial charge < -0.3 is 10.1 Å². The number of ketones is 1. The van der Waals surface area contributed by atoms with Crippen molar-refractivity contribution >= 4 is 23.5 Å². The number of Topliss-reactive ketones (excluding diaryl/α,β-unsaturated/α-hetero) is 1. The van der Waals surface area contributed by atoms with Gasteiger partial charge in [-0.3, -0.25) is 4.79 Å². The zero-order chi connectivity index (χ0) is 12.3. The summed E-state index contributed by atoms with van der Waals surface area (Å²) in [6, 6.07) is 0. The van der Waals surface area contributed by atoms with E-state index in [4.69, 9.17) is 5.11 Å². The molecule has 0 radical (unpaired) electrons. The maximum absolute atomic E-state index is 11.9. The van der Waals surface area contributed by atoms with Gasteiger partial charge >= 0.3 is 5.97 Å². The summed E-state index contributed by atoms with van der Waals surface area (Å²) < 4.78 is 0. The number of thioether (sulfide) groups is 1. The normalized spacial score (nSPS) is 10.4. The van der Waals surface area contributed by atoms with E-state index in [0.717, 1.165) is 6.42 Å². The second-order valence-corrected chi connectivity index (χ2v) is 4.33. The highest BCUT2D eigenvalue weighted by atomic mass is 32.2. The molecule has 0 bridgehead atoms. The molecule has 0 aliphatic rings. The standard InChI is InChI=1S/C11H15NO3S/c1-4-5-7(13)8-6(2)9(11(14)15)12-10(8)16-3/h12H,4-5H2,1-3H3,(H,14,15). The second kappa shape index (κ2) is 5.21. The molecule has 0 spiro atoms. The summed E-state index contributed by atoms with van der Waals surface area (Å²) in [7, 11) is 0. The number of H-pyrrole nitrogens is 1. The molecule has 1 aromatic heterocycles. The fourth-order valence-electron chi connectivity index (χ4n) is 1.62. The van der Waals surface area contributed by atoms with Crippen LogP contribution in [0, 0.1) is 6.92 Å². The molecule has 5 heteroatoms. The fraction of sp³-hybridized carbons (Fsp3) is 0.455. The Morgan fingerprint density at radius 1 is 1.44 bits per heavy atom. The van der Waals surface area contributed by atoms with Gasteiger partial charge in [-0.15, -0.1) is 11.8 Å². The number of carboxylic acids is 1. The third-order valence-electron chi connectivity index (χ3n) is 2.39. The molecule has 0 fully saturated rings. The van der Waals surface area contributed by atoms with Crippen LogP contribution >= 0.6 is 11.8 Å². The van der Waals surface area contributed by atoms with E-state index >= 15 is 0 Å². The number of hydrogen-bond acceptors (Lipinski definition) is 3. The van der Waals surface area contributed by atoms with Gasteiger partial charge in [0.2, 0.25) is 0 Å². The van der Waals surface area contributed by atoms with Crippen LogP contribution in [0.2, 0.25) is 0 Å². The van der Waals surface area contributed by atoms with Crippen LogP contribution < -0.4 is 0 Å². The second-order valence-electron chi connectivity index (χ2n) is 3.51. The zero-order valence-electron chi connectivity index (χ0n) is 9.59. The van der Waals surface area contributed by atoms with Crippen molar-refractivity contribution in [2.45, 2.75) is 31.7 Å². The van der Waals surface area contributed by atoms with Gasteiger partial charge in [0.1, 0.15) is 5.69 Å². The summed E-state index contributed by atoms with van der Waals surface area (Å²) in [5, 5.41) is 9.61. The number of aromatic amines is 1. The van der Waals surface area contributed by atoms with Crippen molar-refractivity contribution in [3.05, 3.63) is 16.8 Å². The van der Waals surface area contributed by atoms with Crippen LogP contribution in [0.15, 0.2) is 5.03 Å². The minimum Gasteiger partial charge on any atom is -0.477 e. The molecular formula is C11H15NO3S. The summed E-state index contributed by atoms with van der Waals surface area (Å²) in [5.41, 5.74) is 1.19. The van der Waals surface area contributed by atoms with Crippen LogP contribution in [0.4, 0.5) is 0 Å². The van der Waals surface area contributed by atoms with E-state index in [1.807, 2.05) is 13.2 Å². The summed E-state index contributed by atoms with van der Waals surface area (Å²) in [4.78, 5) is 25.6. The molecule has 0 aromatic carbocycles. The fourth-order valence-corrected chi connectivity index (χ4v) is 2.30. The number of hydrogen-bond donors (Lipinski definition) is 2. The van der Waals surface area contributed by atoms with Gasteiger partial charge in [0.15, 0.2) is 5.78 Å². The lowest BCUT2D eigenvalue weighted by Gasteiger charge is -2.00. The van der Waals surface area contributed by atoms with Crippen molar-refractivity contribution in [2.75, 3.05) is 6.26 Å². The number of rotatable bonds is 5. The first kappa shape index (κ1) is 12.8. The Kier molecular flexibility index (Phi) is 4.18. The Morgan fingerprint density at radius 2 is 2.06 bits per heavy atom. The van der Waals surface area contributed by atoms with Crippen molar-refractivity contribution in [3.8, 4) is 0 Å². The highest BCUT2D eigenvalue weighted by molar-refractivity contribution is 7.98. The van der Waals surface area contributed by atoms with Crippen molar-refractivity contribution < 1.29 is 14.7 Å². The Bertz CT molecular complexity index is 423. The molecule has 2 N–H and O–H groups in total. The third-order valence-corrected chi connectivity index (χ3v) is 3.10. The Balaban J connectivity index is 3.25. The van der Waals surface area contributed by atoms with Crippen LogP contribution in [0.3, 0.4) is 0 Å². The number of carbonyl (C=O) groups is 2. The van der Waals surface area contributed by atoms with E-state index < -0.39 is 5.97 Å². The van der Waals surface area contributed by atoms with Gasteiger partial charge in [-0.2, -0.15) is 0 Å². The molecule has 0 unspecified atom stereocenters. The first-order valence-corrected chi connectivity index (χ1v) is 6.28. The average molecular weight is 241 g/mol. The maximum Gasteiger partial charge on any atom is 0.352 e. The van der Waals surface area contributed by atoms with Crippen molar-refractivity contribution in [1.29, 1.82) is 0 Å². The van der Waals surface area contributed by atoms with Gasteiger partial charge in [0, 0.05) is 6.42 Å². The van der Waals surface area contributed by atoms with Gasteiger partial charge in [0.25, 0.3) is 0 Å². The lowest BCUT2D eigenvalue weighted by atomic mass is 10.1. The summed E-state index contributed by atoms with van der Waals surface area (Å²) in [6.45, 7) is 3.60. The molecule has 1 aromatic rings. The van der Waals surface area contributed by atoms with Gasteiger partial charge in [0.05, 0.1) is 10.6 Å². The van der Waals surface area contributed by atoms with E-state index in [1.54, 1.807) is 6.92 Å². The number of nitrogens with one attached hydrogen (secondary N) is 1. The highest BCUT2D eigenvalue weighted by Gasteiger charge is 2.22. The predicted molar refractivity (Wildman–Crippen MR) is 63.5 cm³/mol. The number of carbonyl (C=O) groups excluding carboxylic acids is 1. The Morgan fingerprint density at radius 3 is 2.50 bits per heavy atom. The largest absolute Gasteiger partial charge is 0.477 e. The Labute approximate surface area is 98.4 Å². The Hall–Kier alpha value is -1.23. The summed E-state index contributed by atoms with van der Waals surface area (Å²) in [6.07, 6.45) is 3.03. The van der Waals surface area contributed by atoms with Crippen molar-refractivity contribution in [2.24, 2.45) is 0 Å². The molecule has 0 aliphatic heterocycles. The minimum absolute atomic E-state index is 0.00750. The predicted octanol–water partition coefficient (Wildman–Crippen LogP) is 2.73. The summed E-state index contributed by atoms with van der Waals surface area (Å²) in [5.74, 6) is -1.02. The van der Waals surface area contributed by atoms with E-state index in [2.05, 4.69) is 4.98 Å². The van der Waals surface area contributed by atoms with Gasteiger partial charge in [-0.05, 0) is 25.2 Å². The number of aromatic carboxylic acids is 1. The zero-order valence-corrected chi connectivity index (χ0v) is 10.4. The molecule has 0 atom stereocenters. The van der Waals surface area contributed by atoms with E-state index in [9.17, 15) is 9.59 Å². The minimum atomic E-state index is -1.02. The molecule has 16 heavy (non-hydrogen) atoms. The smallest absolute Gasteiger partial charge is 0.352 e. The third kappa shape index (κ3) is 2.29. The molecular weight excluding hydrogens is 226 g/mol. The van der Waals surface area contributed by atoms with E-state index in [-0.39, 0.29) is 11.5 Å². The van der Waals surface area contributed by atoms with Gasteiger partial charge in [-0.1, -0.05) is 6.92 Å². The van der Waals surface area contributed by atoms with Crippen molar-refractivity contribution in [1.82, 2.24) is 4.98 Å². The maximum atomic E-state index is 11.9. The molecule has 1 rings (SSSR count). The summed E-state index contributed by atoms with van der Waals surface area (Å²) >= 11 is 1.36. The van der Waals surface area contributed by atoms with E-state index in [0.29, 0.717) is 22.6 Å². The SMILES string of the molecule is CCCC(=O)c1c(SC)[nH]c(C(=O)O)c1C. The van der Waals surface area contributed by atoms with Crippen LogP contribution in [0.1, 0.15) is 46.2 Å². The van der Waals surface area contributed by atoms with Crippen LogP contribution in [-0.2, 0) is 0 Å². The number of aromatic nitrogens is 1. The molecule has 0 saturated carbocycles. The quantitative estimate of drug-likeness (QED) is 0.614. The monoisotopic (exact) mass is 241 g/mol. The van der Waals surface area contributed by atoms with Crippen LogP contribution in [-0.4, -0.2) is 28.1 Å².